The number of anilines is 1. The van der Waals surface area contributed by atoms with Crippen molar-refractivity contribution in [3.05, 3.63) is 34.6 Å². The molecule has 0 spiro atoms. The van der Waals surface area contributed by atoms with Crippen LogP contribution in [0.3, 0.4) is 0 Å². The first-order valence-corrected chi connectivity index (χ1v) is 7.32. The lowest BCUT2D eigenvalue weighted by Crippen LogP contribution is -2.34. The number of likely N-dealkylation sites (tertiary alicyclic amines) is 1. The van der Waals surface area contributed by atoms with Crippen LogP contribution in [-0.2, 0) is 0 Å². The van der Waals surface area contributed by atoms with Gasteiger partial charge in [0.25, 0.3) is 5.69 Å². The van der Waals surface area contributed by atoms with E-state index < -0.39 is 0 Å². The molecule has 6 nitrogen and oxygen atoms in total. The molecule has 0 unspecified atom stereocenters. The largest absolute Gasteiger partial charge is 0.462 e. The van der Waals surface area contributed by atoms with E-state index in [2.05, 4.69) is 17.1 Å². The molecule has 21 heavy (non-hydrogen) atoms. The number of rotatable bonds is 5. The molecule has 6 heteroatoms. The molecule has 1 aliphatic heterocycles. The number of nitro groups is 1. The Bertz CT molecular complexity index is 653. The van der Waals surface area contributed by atoms with Crippen molar-refractivity contribution in [1.82, 2.24) is 4.90 Å². The molecule has 0 amide bonds. The number of nitrogens with one attached hydrogen (secondary N) is 1. The minimum Gasteiger partial charge on any atom is -0.462 e. The fourth-order valence-electron chi connectivity index (χ4n) is 3.07. The second-order valence-electron chi connectivity index (χ2n) is 5.39. The SMILES string of the molecule is CCN1CCC[C@@H]1CNc1cc([N+](=O)[O-])cc2ccoc12. The molecule has 112 valence electrons. The molecule has 1 atom stereocenters. The van der Waals surface area contributed by atoms with Gasteiger partial charge in [0.2, 0.25) is 0 Å². The van der Waals surface area contributed by atoms with Crippen molar-refractivity contribution in [2.75, 3.05) is 25.0 Å². The summed E-state index contributed by atoms with van der Waals surface area (Å²) in [5, 5.41) is 15.1. The molecule has 3 rings (SSSR count). The zero-order valence-corrected chi connectivity index (χ0v) is 12.0. The predicted molar refractivity (Wildman–Crippen MR) is 81.6 cm³/mol. The van der Waals surface area contributed by atoms with E-state index in [0.29, 0.717) is 17.3 Å². The number of fused-ring (bicyclic) bond motifs is 1. The van der Waals surface area contributed by atoms with Crippen LogP contribution in [-0.4, -0.2) is 35.5 Å². The van der Waals surface area contributed by atoms with Crippen molar-refractivity contribution in [1.29, 1.82) is 0 Å². The van der Waals surface area contributed by atoms with Crippen LogP contribution >= 0.6 is 0 Å². The molecule has 1 saturated heterocycles. The van der Waals surface area contributed by atoms with Gasteiger partial charge in [-0.15, -0.1) is 0 Å². The van der Waals surface area contributed by atoms with Gasteiger partial charge < -0.3 is 9.73 Å². The lowest BCUT2D eigenvalue weighted by atomic mass is 10.2. The molecule has 1 fully saturated rings. The summed E-state index contributed by atoms with van der Waals surface area (Å²) in [7, 11) is 0. The number of non-ortho nitro benzene ring substituents is 1. The fourth-order valence-corrected chi connectivity index (χ4v) is 3.07. The summed E-state index contributed by atoms with van der Waals surface area (Å²) >= 11 is 0. The average Bonchev–Trinajstić information content (AvgIpc) is 3.12. The van der Waals surface area contributed by atoms with Gasteiger partial charge in [0.1, 0.15) is 0 Å². The molecule has 0 bridgehead atoms. The van der Waals surface area contributed by atoms with Gasteiger partial charge >= 0.3 is 0 Å². The highest BCUT2D eigenvalue weighted by Gasteiger charge is 2.23. The molecular weight excluding hydrogens is 270 g/mol. The third kappa shape index (κ3) is 2.71. The molecular formula is C15H19N3O3. The molecule has 1 N–H and O–H groups in total. The Balaban J connectivity index is 1.82. The highest BCUT2D eigenvalue weighted by Crippen LogP contribution is 2.30. The summed E-state index contributed by atoms with van der Waals surface area (Å²) in [5.41, 5.74) is 1.47. The van der Waals surface area contributed by atoms with Crippen LogP contribution in [0.2, 0.25) is 0 Å². The van der Waals surface area contributed by atoms with Crippen LogP contribution in [0.5, 0.6) is 0 Å². The highest BCUT2D eigenvalue weighted by molar-refractivity contribution is 5.91. The Labute approximate surface area is 122 Å². The van der Waals surface area contributed by atoms with Crippen LogP contribution in [0.25, 0.3) is 11.0 Å². The van der Waals surface area contributed by atoms with E-state index in [1.54, 1.807) is 18.4 Å². The summed E-state index contributed by atoms with van der Waals surface area (Å²) in [6.07, 6.45) is 3.94. The first-order valence-electron chi connectivity index (χ1n) is 7.32. The average molecular weight is 289 g/mol. The van der Waals surface area contributed by atoms with Crippen molar-refractivity contribution in [3.8, 4) is 0 Å². The topological polar surface area (TPSA) is 71.5 Å². The van der Waals surface area contributed by atoms with Gasteiger partial charge in [-0.3, -0.25) is 15.0 Å². The smallest absolute Gasteiger partial charge is 0.272 e. The van der Waals surface area contributed by atoms with E-state index in [0.717, 1.165) is 31.4 Å². The molecule has 0 radical (unpaired) electrons. The molecule has 0 aliphatic carbocycles. The zero-order valence-electron chi connectivity index (χ0n) is 12.0. The second-order valence-corrected chi connectivity index (χ2v) is 5.39. The summed E-state index contributed by atoms with van der Waals surface area (Å²) in [4.78, 5) is 13.1. The van der Waals surface area contributed by atoms with Gasteiger partial charge in [-0.05, 0) is 32.0 Å². The van der Waals surface area contributed by atoms with E-state index in [1.165, 1.54) is 12.5 Å². The number of nitro benzene ring substituents is 1. The Morgan fingerprint density at radius 2 is 2.38 bits per heavy atom. The summed E-state index contributed by atoms with van der Waals surface area (Å²) < 4.78 is 5.45. The van der Waals surface area contributed by atoms with Crippen LogP contribution in [0.15, 0.2) is 28.9 Å². The van der Waals surface area contributed by atoms with E-state index in [9.17, 15) is 10.1 Å². The van der Waals surface area contributed by atoms with Crippen LogP contribution in [0.1, 0.15) is 19.8 Å². The lowest BCUT2D eigenvalue weighted by Gasteiger charge is -2.23. The number of likely N-dealkylation sites (N-methyl/N-ethyl adjacent to an activating group) is 1. The van der Waals surface area contributed by atoms with Crippen molar-refractivity contribution in [2.24, 2.45) is 0 Å². The van der Waals surface area contributed by atoms with Crippen LogP contribution in [0, 0.1) is 10.1 Å². The van der Waals surface area contributed by atoms with Crippen LogP contribution < -0.4 is 5.32 Å². The van der Waals surface area contributed by atoms with Crippen molar-refractivity contribution < 1.29 is 9.34 Å². The predicted octanol–water partition coefficient (Wildman–Crippen LogP) is 3.24. The first-order chi connectivity index (χ1) is 10.2. The Hall–Kier alpha value is -2.08. The van der Waals surface area contributed by atoms with E-state index >= 15 is 0 Å². The third-order valence-corrected chi connectivity index (χ3v) is 4.18. The standard InChI is InChI=1S/C15H19N3O3/c1-2-17-6-3-4-12(17)10-16-14-9-13(18(19)20)8-11-5-7-21-15(11)14/h5,7-9,12,16H,2-4,6,10H2,1H3/t12-/m1/s1. The summed E-state index contributed by atoms with van der Waals surface area (Å²) in [6.45, 7) is 5.12. The molecule has 1 aromatic heterocycles. The van der Waals surface area contributed by atoms with Gasteiger partial charge in [0.15, 0.2) is 5.58 Å². The first kappa shape index (κ1) is 13.9. The quantitative estimate of drug-likeness (QED) is 0.676. The Morgan fingerprint density at radius 1 is 1.52 bits per heavy atom. The van der Waals surface area contributed by atoms with Crippen molar-refractivity contribution >= 4 is 22.3 Å². The number of benzene rings is 1. The summed E-state index contributed by atoms with van der Waals surface area (Å²) in [6, 6.07) is 5.33. The normalized spacial score (nSPS) is 19.2. The third-order valence-electron chi connectivity index (χ3n) is 4.18. The highest BCUT2D eigenvalue weighted by atomic mass is 16.6. The number of hydrogen-bond acceptors (Lipinski definition) is 5. The minimum atomic E-state index is -0.370. The van der Waals surface area contributed by atoms with E-state index in [1.807, 2.05) is 0 Å². The molecule has 1 aliphatic rings. The number of hydrogen-bond donors (Lipinski definition) is 1. The maximum absolute atomic E-state index is 11.0. The minimum absolute atomic E-state index is 0.0881. The van der Waals surface area contributed by atoms with Gasteiger partial charge in [-0.1, -0.05) is 6.92 Å². The van der Waals surface area contributed by atoms with Crippen LogP contribution in [0.4, 0.5) is 11.4 Å². The monoisotopic (exact) mass is 289 g/mol. The Morgan fingerprint density at radius 3 is 3.14 bits per heavy atom. The van der Waals surface area contributed by atoms with E-state index in [-0.39, 0.29) is 10.6 Å². The Kier molecular flexibility index (Phi) is 3.79. The summed E-state index contributed by atoms with van der Waals surface area (Å²) in [5.74, 6) is 0. The molecule has 2 heterocycles. The van der Waals surface area contributed by atoms with Gasteiger partial charge in [-0.2, -0.15) is 0 Å². The molecule has 2 aromatic rings. The van der Waals surface area contributed by atoms with Gasteiger partial charge in [0.05, 0.1) is 16.9 Å². The molecule has 0 saturated carbocycles. The van der Waals surface area contributed by atoms with Gasteiger partial charge in [0, 0.05) is 30.1 Å². The second kappa shape index (κ2) is 5.73. The maximum Gasteiger partial charge on any atom is 0.272 e. The number of nitrogens with zero attached hydrogens (tertiary/aromatic N) is 2. The van der Waals surface area contributed by atoms with Crippen molar-refractivity contribution in [2.45, 2.75) is 25.8 Å². The maximum atomic E-state index is 11.0. The van der Waals surface area contributed by atoms with Gasteiger partial charge in [-0.25, -0.2) is 0 Å². The molecule has 1 aromatic carbocycles. The fraction of sp³-hybridized carbons (Fsp3) is 0.467. The zero-order chi connectivity index (χ0) is 14.8. The lowest BCUT2D eigenvalue weighted by molar-refractivity contribution is -0.384. The van der Waals surface area contributed by atoms with Crippen molar-refractivity contribution in [3.63, 3.8) is 0 Å². The van der Waals surface area contributed by atoms with E-state index in [4.69, 9.17) is 4.42 Å². The number of furan rings is 1.